The maximum Gasteiger partial charge on any atom is 0.274 e. The summed E-state index contributed by atoms with van der Waals surface area (Å²) in [5.74, 6) is 0.825. The molecule has 1 aromatic carbocycles. The lowest BCUT2D eigenvalue weighted by atomic mass is 10.2. The number of amides is 1. The second-order valence-corrected chi connectivity index (χ2v) is 6.89. The summed E-state index contributed by atoms with van der Waals surface area (Å²) in [6.07, 6.45) is 5.64. The number of nitrogens with one attached hydrogen (secondary N) is 1. The number of aryl methyl sites for hydroxylation is 1. The Bertz CT molecular complexity index is 1090. The summed E-state index contributed by atoms with van der Waals surface area (Å²) in [5, 5.41) is 0. The van der Waals surface area contributed by atoms with Gasteiger partial charge in [-0.1, -0.05) is 12.1 Å². The Morgan fingerprint density at radius 3 is 3.00 bits per heavy atom. The van der Waals surface area contributed by atoms with Crippen molar-refractivity contribution in [3.05, 3.63) is 65.9 Å². The quantitative estimate of drug-likeness (QED) is 0.605. The van der Waals surface area contributed by atoms with Gasteiger partial charge in [0.1, 0.15) is 17.2 Å². The van der Waals surface area contributed by atoms with Crippen molar-refractivity contribution in [3.8, 4) is 0 Å². The minimum Gasteiger partial charge on any atom is -0.340 e. The number of para-hydroxylation sites is 2. The lowest BCUT2D eigenvalue weighted by molar-refractivity contribution is 0.0725. The molecule has 1 N–H and O–H groups in total. The van der Waals surface area contributed by atoms with Crippen molar-refractivity contribution in [3.63, 3.8) is 0 Å². The Morgan fingerprint density at radius 2 is 2.12 bits per heavy atom. The van der Waals surface area contributed by atoms with Crippen LogP contribution in [-0.2, 0) is 0 Å². The van der Waals surface area contributed by atoms with Gasteiger partial charge in [0, 0.05) is 18.9 Å². The number of carbonyl (C=O) groups is 1. The van der Waals surface area contributed by atoms with Crippen molar-refractivity contribution in [2.24, 2.45) is 0 Å². The molecule has 1 saturated heterocycles. The molecule has 1 aliphatic rings. The number of pyridine rings is 1. The van der Waals surface area contributed by atoms with Crippen LogP contribution in [0.5, 0.6) is 0 Å². The topological polar surface area (TPSA) is 66.3 Å². The van der Waals surface area contributed by atoms with Gasteiger partial charge in [-0.3, -0.25) is 4.79 Å². The molecule has 1 unspecified atom stereocenters. The third kappa shape index (κ3) is 2.37. The van der Waals surface area contributed by atoms with Crippen molar-refractivity contribution in [1.29, 1.82) is 0 Å². The Morgan fingerprint density at radius 1 is 1.23 bits per heavy atom. The van der Waals surface area contributed by atoms with Crippen LogP contribution in [0.4, 0.5) is 0 Å². The van der Waals surface area contributed by atoms with Gasteiger partial charge in [0.05, 0.1) is 17.1 Å². The standard InChI is InChI=1S/C20H19N5O/c1-13-8-10-24-12-16(21-18(24)11-13)20(26)25-9-4-7-17(25)19-22-14-5-2-3-6-15(14)23-19/h2-3,5-6,8,10-12,17H,4,7,9H2,1H3,(H,22,23). The van der Waals surface area contributed by atoms with Crippen molar-refractivity contribution >= 4 is 22.6 Å². The average Bonchev–Trinajstić information content (AvgIpc) is 3.36. The molecule has 1 atom stereocenters. The highest BCUT2D eigenvalue weighted by Gasteiger charge is 2.33. The number of aromatic nitrogens is 4. The Kier molecular flexibility index (Phi) is 3.31. The summed E-state index contributed by atoms with van der Waals surface area (Å²) in [4.78, 5) is 27.6. The molecule has 0 saturated carbocycles. The van der Waals surface area contributed by atoms with Crippen molar-refractivity contribution < 1.29 is 4.79 Å². The fourth-order valence-corrected chi connectivity index (χ4v) is 3.76. The molecule has 0 spiro atoms. The van der Waals surface area contributed by atoms with Gasteiger partial charge in [0.2, 0.25) is 0 Å². The molecule has 3 aromatic heterocycles. The first-order valence-electron chi connectivity index (χ1n) is 8.90. The summed E-state index contributed by atoms with van der Waals surface area (Å²) in [6.45, 7) is 2.75. The van der Waals surface area contributed by atoms with Crippen LogP contribution in [0, 0.1) is 6.92 Å². The molecular weight excluding hydrogens is 326 g/mol. The minimum absolute atomic E-state index is 0.0264. The zero-order valence-electron chi connectivity index (χ0n) is 14.5. The number of carbonyl (C=O) groups excluding carboxylic acids is 1. The Hall–Kier alpha value is -3.15. The predicted molar refractivity (Wildman–Crippen MR) is 99.0 cm³/mol. The second kappa shape index (κ2) is 5.69. The van der Waals surface area contributed by atoms with Gasteiger partial charge >= 0.3 is 0 Å². The van der Waals surface area contributed by atoms with E-state index in [2.05, 4.69) is 9.97 Å². The van der Waals surface area contributed by atoms with Crippen molar-refractivity contribution in [1.82, 2.24) is 24.3 Å². The summed E-state index contributed by atoms with van der Waals surface area (Å²) < 4.78 is 1.90. The largest absolute Gasteiger partial charge is 0.340 e. The summed E-state index contributed by atoms with van der Waals surface area (Å²) >= 11 is 0. The molecule has 130 valence electrons. The number of nitrogens with zero attached hydrogens (tertiary/aromatic N) is 4. The van der Waals surface area contributed by atoms with E-state index in [1.165, 1.54) is 0 Å². The zero-order valence-corrected chi connectivity index (χ0v) is 14.5. The monoisotopic (exact) mass is 345 g/mol. The fourth-order valence-electron chi connectivity index (χ4n) is 3.76. The molecule has 1 amide bonds. The third-order valence-corrected chi connectivity index (χ3v) is 5.07. The number of H-pyrrole nitrogens is 1. The van der Waals surface area contributed by atoms with E-state index < -0.39 is 0 Å². The predicted octanol–water partition coefficient (Wildman–Crippen LogP) is 3.50. The van der Waals surface area contributed by atoms with E-state index >= 15 is 0 Å². The fraction of sp³-hybridized carbons (Fsp3) is 0.250. The van der Waals surface area contributed by atoms with E-state index in [-0.39, 0.29) is 11.9 Å². The highest BCUT2D eigenvalue weighted by Crippen LogP contribution is 2.32. The molecule has 6 nitrogen and oxygen atoms in total. The van der Waals surface area contributed by atoms with Crippen LogP contribution in [-0.4, -0.2) is 36.7 Å². The normalized spacial score (nSPS) is 17.4. The average molecular weight is 345 g/mol. The van der Waals surface area contributed by atoms with E-state index in [0.29, 0.717) is 5.69 Å². The van der Waals surface area contributed by atoms with Gasteiger partial charge in [-0.05, 0) is 49.6 Å². The Balaban J connectivity index is 1.49. The minimum atomic E-state index is -0.0330. The van der Waals surface area contributed by atoms with E-state index in [1.807, 2.05) is 65.0 Å². The Labute approximate surface area is 150 Å². The summed E-state index contributed by atoms with van der Waals surface area (Å²) in [5.41, 5.74) is 4.35. The molecule has 1 fully saturated rings. The van der Waals surface area contributed by atoms with E-state index in [9.17, 15) is 4.79 Å². The van der Waals surface area contributed by atoms with Crippen LogP contribution in [0.1, 0.15) is 40.8 Å². The number of hydrogen-bond acceptors (Lipinski definition) is 3. The molecular formula is C20H19N5O. The van der Waals surface area contributed by atoms with E-state index in [4.69, 9.17) is 4.98 Å². The molecule has 4 aromatic rings. The van der Waals surface area contributed by atoms with Crippen LogP contribution in [0.25, 0.3) is 16.7 Å². The first-order chi connectivity index (χ1) is 12.7. The molecule has 26 heavy (non-hydrogen) atoms. The summed E-state index contributed by atoms with van der Waals surface area (Å²) in [6, 6.07) is 11.9. The molecule has 0 aliphatic carbocycles. The summed E-state index contributed by atoms with van der Waals surface area (Å²) in [7, 11) is 0. The third-order valence-electron chi connectivity index (χ3n) is 5.07. The van der Waals surface area contributed by atoms with Crippen molar-refractivity contribution in [2.75, 3.05) is 6.54 Å². The SMILES string of the molecule is Cc1ccn2cc(C(=O)N3CCCC3c3nc4ccccc4[nH]3)nc2c1. The highest BCUT2D eigenvalue weighted by atomic mass is 16.2. The molecule has 5 rings (SSSR count). The first kappa shape index (κ1) is 15.1. The van der Waals surface area contributed by atoms with E-state index in [0.717, 1.165) is 47.5 Å². The van der Waals surface area contributed by atoms with Crippen LogP contribution in [0.2, 0.25) is 0 Å². The van der Waals surface area contributed by atoms with Crippen LogP contribution < -0.4 is 0 Å². The lowest BCUT2D eigenvalue weighted by Gasteiger charge is -2.22. The van der Waals surface area contributed by atoms with Gasteiger partial charge in [-0.15, -0.1) is 0 Å². The second-order valence-electron chi connectivity index (χ2n) is 6.89. The van der Waals surface area contributed by atoms with Gasteiger partial charge in [0.15, 0.2) is 0 Å². The lowest BCUT2D eigenvalue weighted by Crippen LogP contribution is -2.31. The number of rotatable bonds is 2. The number of fused-ring (bicyclic) bond motifs is 2. The van der Waals surface area contributed by atoms with Crippen LogP contribution >= 0.6 is 0 Å². The van der Waals surface area contributed by atoms with Gasteiger partial charge in [-0.2, -0.15) is 0 Å². The highest BCUT2D eigenvalue weighted by molar-refractivity contribution is 5.93. The first-order valence-corrected chi connectivity index (χ1v) is 8.90. The molecule has 0 bridgehead atoms. The number of hydrogen-bond donors (Lipinski definition) is 1. The van der Waals surface area contributed by atoms with E-state index in [1.54, 1.807) is 0 Å². The smallest absolute Gasteiger partial charge is 0.274 e. The van der Waals surface area contributed by atoms with Gasteiger partial charge in [-0.25, -0.2) is 9.97 Å². The zero-order chi connectivity index (χ0) is 17.7. The number of benzene rings is 1. The van der Waals surface area contributed by atoms with Crippen LogP contribution in [0.15, 0.2) is 48.8 Å². The van der Waals surface area contributed by atoms with Gasteiger partial charge in [0.25, 0.3) is 5.91 Å². The van der Waals surface area contributed by atoms with Crippen LogP contribution in [0.3, 0.4) is 0 Å². The molecule has 4 heterocycles. The van der Waals surface area contributed by atoms with Gasteiger partial charge < -0.3 is 14.3 Å². The van der Waals surface area contributed by atoms with Crippen molar-refractivity contribution in [2.45, 2.75) is 25.8 Å². The molecule has 1 aliphatic heterocycles. The number of imidazole rings is 2. The number of likely N-dealkylation sites (tertiary alicyclic amines) is 1. The maximum atomic E-state index is 13.1. The maximum absolute atomic E-state index is 13.1. The molecule has 6 heteroatoms. The number of aromatic amines is 1. The molecule has 0 radical (unpaired) electrons.